The van der Waals surface area contributed by atoms with Gasteiger partial charge in [0, 0.05) is 37.9 Å². The van der Waals surface area contributed by atoms with Gasteiger partial charge in [-0.25, -0.2) is 8.42 Å². The molecule has 1 N–H and O–H groups in total. The van der Waals surface area contributed by atoms with E-state index < -0.39 is 9.84 Å². The van der Waals surface area contributed by atoms with Gasteiger partial charge in [-0.1, -0.05) is 0 Å². The van der Waals surface area contributed by atoms with Gasteiger partial charge in [0.05, 0.1) is 5.75 Å². The third-order valence-electron chi connectivity index (χ3n) is 2.77. The highest BCUT2D eigenvalue weighted by Gasteiger charge is 2.39. The summed E-state index contributed by atoms with van der Waals surface area (Å²) >= 11 is 0. The molecule has 0 aromatic rings. The lowest BCUT2D eigenvalue weighted by atomic mass is 9.71. The number of nitrogens with one attached hydrogen (secondary N) is 1. The summed E-state index contributed by atoms with van der Waals surface area (Å²) in [4.78, 5) is 0. The molecule has 0 saturated carbocycles. The summed E-state index contributed by atoms with van der Waals surface area (Å²) in [5.41, 5.74) is 0. The van der Waals surface area contributed by atoms with Gasteiger partial charge in [-0.05, 0) is 6.42 Å². The van der Waals surface area contributed by atoms with Gasteiger partial charge in [-0.15, -0.1) is 0 Å². The smallest absolute Gasteiger partial charge is 0.410 e. The van der Waals surface area contributed by atoms with Crippen LogP contribution in [0, 0.1) is 0 Å². The van der Waals surface area contributed by atoms with Gasteiger partial charge in [0.25, 0.3) is 0 Å². The van der Waals surface area contributed by atoms with Gasteiger partial charge in [0.1, 0.15) is 9.84 Å². The Bertz CT molecular complexity index is 300. The first-order chi connectivity index (χ1) is 7.17. The van der Waals surface area contributed by atoms with Crippen LogP contribution in [-0.4, -0.2) is 53.3 Å². The first-order valence-electron chi connectivity index (χ1n) is 5.32. The molecule has 0 aromatic heterocycles. The van der Waals surface area contributed by atoms with E-state index in [9.17, 15) is 8.42 Å². The summed E-state index contributed by atoms with van der Waals surface area (Å²) in [6.45, 7) is 2.78. The van der Waals surface area contributed by atoms with Crippen LogP contribution in [-0.2, 0) is 19.1 Å². The summed E-state index contributed by atoms with van der Waals surface area (Å²) in [5, 5.41) is 3.15. The first kappa shape index (κ1) is 11.4. The summed E-state index contributed by atoms with van der Waals surface area (Å²) in [6, 6.07) is 0. The Morgan fingerprint density at radius 3 is 2.40 bits per heavy atom. The molecule has 2 rings (SSSR count). The zero-order valence-electron chi connectivity index (χ0n) is 8.65. The summed E-state index contributed by atoms with van der Waals surface area (Å²) in [7, 11) is -3.17. The van der Waals surface area contributed by atoms with Gasteiger partial charge in [0.2, 0.25) is 0 Å². The van der Waals surface area contributed by atoms with Crippen LogP contribution >= 0.6 is 0 Å². The van der Waals surface area contributed by atoms with E-state index >= 15 is 0 Å². The number of hydrogen-bond donors (Lipinski definition) is 1. The van der Waals surface area contributed by atoms with Crippen LogP contribution in [0.2, 0.25) is 5.82 Å². The minimum Gasteiger partial charge on any atom is -0.410 e. The van der Waals surface area contributed by atoms with Crippen molar-refractivity contribution in [1.82, 2.24) is 5.32 Å². The highest BCUT2D eigenvalue weighted by atomic mass is 32.2. The van der Waals surface area contributed by atoms with Crippen molar-refractivity contribution in [1.29, 1.82) is 0 Å². The number of rotatable bonds is 1. The van der Waals surface area contributed by atoms with Crippen LogP contribution in [0.25, 0.3) is 0 Å². The van der Waals surface area contributed by atoms with E-state index in [1.807, 2.05) is 0 Å². The predicted molar refractivity (Wildman–Crippen MR) is 57.5 cm³/mol. The molecule has 0 aliphatic carbocycles. The van der Waals surface area contributed by atoms with Crippen molar-refractivity contribution in [2.24, 2.45) is 0 Å². The predicted octanol–water partition coefficient (Wildman–Crippen LogP) is -0.700. The normalized spacial score (nSPS) is 32.3. The largest absolute Gasteiger partial charge is 0.461 e. The Morgan fingerprint density at radius 1 is 1.20 bits per heavy atom. The maximum atomic E-state index is 11.3. The van der Waals surface area contributed by atoms with E-state index in [-0.39, 0.29) is 24.4 Å². The molecule has 0 amide bonds. The molecule has 0 bridgehead atoms. The molecule has 15 heavy (non-hydrogen) atoms. The highest BCUT2D eigenvalue weighted by Crippen LogP contribution is 2.27. The van der Waals surface area contributed by atoms with Gasteiger partial charge in [-0.2, -0.15) is 0 Å². The van der Waals surface area contributed by atoms with E-state index in [4.69, 9.17) is 9.31 Å². The van der Waals surface area contributed by atoms with Gasteiger partial charge in [-0.3, -0.25) is 0 Å². The Labute approximate surface area is 90.6 Å². The number of sulfone groups is 1. The third kappa shape index (κ3) is 3.17. The van der Waals surface area contributed by atoms with Crippen LogP contribution in [0.1, 0.15) is 6.42 Å². The van der Waals surface area contributed by atoms with Crippen molar-refractivity contribution in [3.8, 4) is 0 Å². The fourth-order valence-corrected chi connectivity index (χ4v) is 3.78. The molecule has 7 heteroatoms. The van der Waals surface area contributed by atoms with Crippen LogP contribution in [0.3, 0.4) is 0 Å². The molecule has 1 unspecified atom stereocenters. The van der Waals surface area contributed by atoms with Crippen molar-refractivity contribution in [3.05, 3.63) is 0 Å². The van der Waals surface area contributed by atoms with Crippen molar-refractivity contribution in [3.63, 3.8) is 0 Å². The monoisotopic (exact) mass is 233 g/mol. The van der Waals surface area contributed by atoms with E-state index in [0.717, 1.165) is 13.1 Å². The first-order valence-corrected chi connectivity index (χ1v) is 7.14. The van der Waals surface area contributed by atoms with Gasteiger partial charge >= 0.3 is 7.12 Å². The molecule has 0 aromatic carbocycles. The zero-order chi connectivity index (χ0) is 10.7. The van der Waals surface area contributed by atoms with Crippen molar-refractivity contribution >= 4 is 17.0 Å². The fourth-order valence-electron chi connectivity index (χ4n) is 1.98. The number of hydrogen-bond acceptors (Lipinski definition) is 5. The topological polar surface area (TPSA) is 64.6 Å². The Morgan fingerprint density at radius 2 is 1.87 bits per heavy atom. The van der Waals surface area contributed by atoms with Crippen molar-refractivity contribution in [2.75, 3.05) is 37.8 Å². The third-order valence-corrected chi connectivity index (χ3v) is 4.57. The molecule has 2 heterocycles. The summed E-state index contributed by atoms with van der Waals surface area (Å²) < 4.78 is 33.7. The quantitative estimate of drug-likeness (QED) is 0.607. The van der Waals surface area contributed by atoms with E-state index in [0.29, 0.717) is 19.6 Å². The van der Waals surface area contributed by atoms with Crippen LogP contribution < -0.4 is 5.32 Å². The molecule has 1 atom stereocenters. The molecule has 2 saturated heterocycles. The van der Waals surface area contributed by atoms with Gasteiger partial charge < -0.3 is 14.6 Å². The zero-order valence-corrected chi connectivity index (χ0v) is 9.46. The second-order valence-corrected chi connectivity index (χ2v) is 6.25. The molecule has 5 nitrogen and oxygen atoms in total. The van der Waals surface area contributed by atoms with Crippen molar-refractivity contribution < 1.29 is 17.7 Å². The standard InChI is InChI=1S/C8H16BNO4S/c11-15(12)6-1-8(7-15)9-13-4-2-10-3-5-14-9/h8,10H,1-7H2. The lowest BCUT2D eigenvalue weighted by Crippen LogP contribution is -2.38. The molecular formula is C8H16BNO4S. The van der Waals surface area contributed by atoms with Gasteiger partial charge in [0.15, 0.2) is 0 Å². The Hall–Kier alpha value is -0.105. The minimum absolute atomic E-state index is 0.0214. The molecule has 2 aliphatic rings. The maximum absolute atomic E-state index is 11.3. The van der Waals surface area contributed by atoms with Crippen LogP contribution in [0.4, 0.5) is 0 Å². The molecular weight excluding hydrogens is 217 g/mol. The molecule has 2 aliphatic heterocycles. The lowest BCUT2D eigenvalue weighted by Gasteiger charge is -2.21. The summed E-state index contributed by atoms with van der Waals surface area (Å²) in [6.07, 6.45) is 0.667. The molecule has 0 radical (unpaired) electrons. The minimum atomic E-state index is -2.84. The van der Waals surface area contributed by atoms with E-state index in [1.54, 1.807) is 0 Å². The Balaban J connectivity index is 1.91. The second-order valence-electron chi connectivity index (χ2n) is 4.02. The SMILES string of the molecule is O=S1(=O)CCC(B2OCCNCCO2)C1. The van der Waals surface area contributed by atoms with Crippen LogP contribution in [0.15, 0.2) is 0 Å². The average molecular weight is 233 g/mol. The van der Waals surface area contributed by atoms with E-state index in [1.165, 1.54) is 0 Å². The fraction of sp³-hybridized carbons (Fsp3) is 1.00. The maximum Gasteiger partial charge on any atom is 0.461 e. The van der Waals surface area contributed by atoms with Crippen molar-refractivity contribution in [2.45, 2.75) is 12.2 Å². The van der Waals surface area contributed by atoms with E-state index in [2.05, 4.69) is 5.32 Å². The average Bonchev–Trinajstić information content (AvgIpc) is 2.45. The Kier molecular flexibility index (Phi) is 3.66. The van der Waals surface area contributed by atoms with Crippen LogP contribution in [0.5, 0.6) is 0 Å². The highest BCUT2D eigenvalue weighted by molar-refractivity contribution is 7.91. The molecule has 0 spiro atoms. The molecule has 86 valence electrons. The lowest BCUT2D eigenvalue weighted by molar-refractivity contribution is 0.171. The second kappa shape index (κ2) is 4.82. The molecule has 2 fully saturated rings. The summed E-state index contributed by atoms with van der Waals surface area (Å²) in [5.74, 6) is 0.512.